The lowest BCUT2D eigenvalue weighted by Gasteiger charge is -2.21. The predicted octanol–water partition coefficient (Wildman–Crippen LogP) is 2.05. The van der Waals surface area contributed by atoms with E-state index in [0.29, 0.717) is 5.69 Å². The van der Waals surface area contributed by atoms with Gasteiger partial charge in [0.05, 0.1) is 17.7 Å². The van der Waals surface area contributed by atoms with Crippen molar-refractivity contribution in [3.8, 4) is 0 Å². The Balaban J connectivity index is 1.81. The normalized spacial score (nSPS) is 15.7. The van der Waals surface area contributed by atoms with E-state index in [9.17, 15) is 9.59 Å². The lowest BCUT2D eigenvalue weighted by molar-refractivity contribution is -0.126. The van der Waals surface area contributed by atoms with Crippen LogP contribution >= 0.6 is 11.6 Å². The number of hydrogen-bond acceptors (Lipinski definition) is 5. The van der Waals surface area contributed by atoms with Crippen LogP contribution in [0.5, 0.6) is 0 Å². The molecule has 2 N–H and O–H groups in total. The summed E-state index contributed by atoms with van der Waals surface area (Å²) in [7, 11) is 0. The molecule has 0 aromatic carbocycles. The molecular weight excluding hydrogens is 320 g/mol. The molecule has 7 nitrogen and oxygen atoms in total. The molecule has 8 heteroatoms. The summed E-state index contributed by atoms with van der Waals surface area (Å²) in [5.74, 6) is -0.108. The molecule has 1 aliphatic carbocycles. The maximum Gasteiger partial charge on any atom is 0.407 e. The second-order valence-corrected chi connectivity index (χ2v) is 6.97. The van der Waals surface area contributed by atoms with Gasteiger partial charge in [0.1, 0.15) is 5.60 Å². The van der Waals surface area contributed by atoms with Crippen molar-refractivity contribution in [1.29, 1.82) is 0 Å². The van der Waals surface area contributed by atoms with Crippen molar-refractivity contribution in [2.45, 2.75) is 45.8 Å². The Morgan fingerprint density at radius 2 is 2.04 bits per heavy atom. The van der Waals surface area contributed by atoms with E-state index in [1.807, 2.05) is 0 Å². The van der Waals surface area contributed by atoms with Crippen LogP contribution in [-0.2, 0) is 16.1 Å². The SMILES string of the molecule is CC(C)(C)OC(=O)NCC1(C(=O)NCc2ccnc(Cl)n2)CC1. The van der Waals surface area contributed by atoms with Crippen LogP contribution in [0.3, 0.4) is 0 Å². The van der Waals surface area contributed by atoms with Gasteiger partial charge in [-0.2, -0.15) is 0 Å². The van der Waals surface area contributed by atoms with Crippen molar-refractivity contribution >= 4 is 23.6 Å². The van der Waals surface area contributed by atoms with Crippen LogP contribution in [0.4, 0.5) is 4.79 Å². The lowest BCUT2D eigenvalue weighted by Crippen LogP contribution is -2.41. The lowest BCUT2D eigenvalue weighted by atomic mass is 10.1. The van der Waals surface area contributed by atoms with Gasteiger partial charge >= 0.3 is 6.09 Å². The van der Waals surface area contributed by atoms with Gasteiger partial charge in [-0.3, -0.25) is 4.79 Å². The van der Waals surface area contributed by atoms with Gasteiger partial charge in [0.15, 0.2) is 0 Å². The van der Waals surface area contributed by atoms with Gasteiger partial charge in [-0.1, -0.05) is 0 Å². The Labute approximate surface area is 140 Å². The van der Waals surface area contributed by atoms with Gasteiger partial charge in [-0.05, 0) is 51.3 Å². The minimum Gasteiger partial charge on any atom is -0.444 e. The number of rotatable bonds is 5. The van der Waals surface area contributed by atoms with Crippen molar-refractivity contribution < 1.29 is 14.3 Å². The number of hydrogen-bond donors (Lipinski definition) is 2. The smallest absolute Gasteiger partial charge is 0.407 e. The third-order valence-corrected chi connectivity index (χ3v) is 3.60. The van der Waals surface area contributed by atoms with Crippen molar-refractivity contribution in [2.24, 2.45) is 5.41 Å². The van der Waals surface area contributed by atoms with E-state index >= 15 is 0 Å². The van der Waals surface area contributed by atoms with Gasteiger partial charge < -0.3 is 15.4 Å². The standard InChI is InChI=1S/C15H21ClN4O3/c1-14(2,3)23-13(22)19-9-15(5-6-15)11(21)18-8-10-4-7-17-12(16)20-10/h4,7H,5-6,8-9H2,1-3H3,(H,18,21)(H,19,22). The van der Waals surface area contributed by atoms with Crippen LogP contribution in [0.1, 0.15) is 39.3 Å². The fourth-order valence-electron chi connectivity index (χ4n) is 2.02. The largest absolute Gasteiger partial charge is 0.444 e. The first-order chi connectivity index (χ1) is 10.7. The Morgan fingerprint density at radius 3 is 2.61 bits per heavy atom. The molecule has 0 spiro atoms. The van der Waals surface area contributed by atoms with Crippen LogP contribution in [0.2, 0.25) is 5.28 Å². The van der Waals surface area contributed by atoms with Crippen LogP contribution in [0, 0.1) is 5.41 Å². The van der Waals surface area contributed by atoms with Gasteiger partial charge in [0, 0.05) is 12.7 Å². The highest BCUT2D eigenvalue weighted by atomic mass is 35.5. The molecule has 1 fully saturated rings. The molecule has 0 aliphatic heterocycles. The van der Waals surface area contributed by atoms with Gasteiger partial charge in [-0.25, -0.2) is 14.8 Å². The van der Waals surface area contributed by atoms with E-state index < -0.39 is 17.1 Å². The molecule has 1 aliphatic rings. The highest BCUT2D eigenvalue weighted by molar-refractivity contribution is 6.28. The first-order valence-corrected chi connectivity index (χ1v) is 7.81. The summed E-state index contributed by atoms with van der Waals surface area (Å²) in [6.07, 6.45) is 2.49. The predicted molar refractivity (Wildman–Crippen MR) is 84.8 cm³/mol. The van der Waals surface area contributed by atoms with E-state index in [1.165, 1.54) is 6.20 Å². The summed E-state index contributed by atoms with van der Waals surface area (Å²) in [5.41, 5.74) is -0.475. The zero-order valence-corrected chi connectivity index (χ0v) is 14.2. The Morgan fingerprint density at radius 1 is 1.35 bits per heavy atom. The Kier molecular flexibility index (Phi) is 5.09. The molecule has 0 bridgehead atoms. The van der Waals surface area contributed by atoms with Gasteiger partial charge in [0.25, 0.3) is 0 Å². The molecule has 0 unspecified atom stereocenters. The highest BCUT2D eigenvalue weighted by Crippen LogP contribution is 2.45. The third-order valence-electron chi connectivity index (χ3n) is 3.42. The van der Waals surface area contributed by atoms with E-state index in [0.717, 1.165) is 12.8 Å². The third kappa shape index (κ3) is 5.35. The second-order valence-electron chi connectivity index (χ2n) is 6.64. The van der Waals surface area contributed by atoms with Crippen molar-refractivity contribution in [3.63, 3.8) is 0 Å². The van der Waals surface area contributed by atoms with Gasteiger partial charge in [0.2, 0.25) is 11.2 Å². The highest BCUT2D eigenvalue weighted by Gasteiger charge is 2.50. The summed E-state index contributed by atoms with van der Waals surface area (Å²) < 4.78 is 5.17. The average molecular weight is 341 g/mol. The zero-order chi connectivity index (χ0) is 17.1. The number of halogens is 1. The summed E-state index contributed by atoms with van der Waals surface area (Å²) in [5, 5.41) is 5.63. The fourth-order valence-corrected chi connectivity index (χ4v) is 2.18. The van der Waals surface area contributed by atoms with Crippen LogP contribution in [0.15, 0.2) is 12.3 Å². The molecule has 1 aromatic heterocycles. The van der Waals surface area contributed by atoms with E-state index in [-0.39, 0.29) is 24.3 Å². The zero-order valence-electron chi connectivity index (χ0n) is 13.5. The summed E-state index contributed by atoms with van der Waals surface area (Å²) in [6.45, 7) is 5.91. The average Bonchev–Trinajstić information content (AvgIpc) is 3.22. The number of carbonyl (C=O) groups excluding carboxylic acids is 2. The molecule has 2 amide bonds. The van der Waals surface area contributed by atoms with Crippen LogP contribution in [-0.4, -0.2) is 34.1 Å². The topological polar surface area (TPSA) is 93.2 Å². The Bertz CT molecular complexity index is 597. The Hall–Kier alpha value is -1.89. The number of amides is 2. The number of aromatic nitrogens is 2. The molecule has 1 aromatic rings. The molecule has 2 rings (SSSR count). The van der Waals surface area contributed by atoms with Crippen molar-refractivity contribution in [1.82, 2.24) is 20.6 Å². The van der Waals surface area contributed by atoms with E-state index in [4.69, 9.17) is 16.3 Å². The summed E-state index contributed by atoms with van der Waals surface area (Å²) in [6, 6.07) is 1.69. The van der Waals surface area contributed by atoms with Crippen molar-refractivity contribution in [3.05, 3.63) is 23.2 Å². The van der Waals surface area contributed by atoms with E-state index in [2.05, 4.69) is 20.6 Å². The minimum absolute atomic E-state index is 0.108. The fraction of sp³-hybridized carbons (Fsp3) is 0.600. The molecule has 0 atom stereocenters. The summed E-state index contributed by atoms with van der Waals surface area (Å²) in [4.78, 5) is 31.8. The van der Waals surface area contributed by atoms with Gasteiger partial charge in [-0.15, -0.1) is 0 Å². The maximum atomic E-state index is 12.3. The minimum atomic E-state index is -0.560. The molecular formula is C15H21ClN4O3. The molecule has 1 heterocycles. The number of alkyl carbamates (subject to hydrolysis) is 1. The number of nitrogens with one attached hydrogen (secondary N) is 2. The summed E-state index contributed by atoms with van der Waals surface area (Å²) >= 11 is 5.70. The van der Waals surface area contributed by atoms with Crippen molar-refractivity contribution in [2.75, 3.05) is 6.54 Å². The van der Waals surface area contributed by atoms with Crippen LogP contribution in [0.25, 0.3) is 0 Å². The number of carbonyl (C=O) groups is 2. The molecule has 0 radical (unpaired) electrons. The number of ether oxygens (including phenoxy) is 1. The quantitative estimate of drug-likeness (QED) is 0.800. The maximum absolute atomic E-state index is 12.3. The first kappa shape index (κ1) is 17.5. The number of nitrogens with zero attached hydrogens (tertiary/aromatic N) is 2. The first-order valence-electron chi connectivity index (χ1n) is 7.43. The molecule has 1 saturated carbocycles. The molecule has 23 heavy (non-hydrogen) atoms. The monoisotopic (exact) mass is 340 g/mol. The molecule has 0 saturated heterocycles. The second kappa shape index (κ2) is 6.70. The molecule has 126 valence electrons. The van der Waals surface area contributed by atoms with Crippen LogP contribution < -0.4 is 10.6 Å². The van der Waals surface area contributed by atoms with E-state index in [1.54, 1.807) is 26.8 Å².